The van der Waals surface area contributed by atoms with Crippen LogP contribution in [0.15, 0.2) is 24.4 Å². The summed E-state index contributed by atoms with van der Waals surface area (Å²) >= 11 is 5.78. The van der Waals surface area contributed by atoms with E-state index in [2.05, 4.69) is 20.3 Å². The highest BCUT2D eigenvalue weighted by molar-refractivity contribution is 6.29. The molecule has 102 valence electrons. The lowest BCUT2D eigenvalue weighted by Crippen LogP contribution is -2.08. The van der Waals surface area contributed by atoms with E-state index >= 15 is 0 Å². The van der Waals surface area contributed by atoms with E-state index in [1.165, 1.54) is 6.07 Å². The summed E-state index contributed by atoms with van der Waals surface area (Å²) < 4.78 is 0. The van der Waals surface area contributed by atoms with Crippen molar-refractivity contribution in [3.8, 4) is 6.07 Å². The molecule has 0 aliphatic heterocycles. The van der Waals surface area contributed by atoms with Crippen LogP contribution in [-0.2, 0) is 6.42 Å². The molecule has 0 aromatic carbocycles. The van der Waals surface area contributed by atoms with Gasteiger partial charge >= 0.3 is 0 Å². The molecule has 7 heteroatoms. The lowest BCUT2D eigenvalue weighted by Gasteiger charge is -2.05. The Balaban J connectivity index is 1.79. The van der Waals surface area contributed by atoms with Gasteiger partial charge in [0.15, 0.2) is 0 Å². The van der Waals surface area contributed by atoms with E-state index in [0.717, 1.165) is 18.5 Å². The normalized spacial score (nSPS) is 10.0. The van der Waals surface area contributed by atoms with Crippen LogP contribution in [-0.4, -0.2) is 21.5 Å². The van der Waals surface area contributed by atoms with Gasteiger partial charge in [-0.2, -0.15) is 10.2 Å². The molecule has 0 saturated carbocycles. The van der Waals surface area contributed by atoms with E-state index in [-0.39, 0.29) is 0 Å². The summed E-state index contributed by atoms with van der Waals surface area (Å²) in [6, 6.07) is 7.15. The van der Waals surface area contributed by atoms with Gasteiger partial charge in [-0.3, -0.25) is 4.98 Å². The Morgan fingerprint density at radius 2 is 2.20 bits per heavy atom. The highest BCUT2D eigenvalue weighted by atomic mass is 35.5. The first-order valence-corrected chi connectivity index (χ1v) is 6.44. The van der Waals surface area contributed by atoms with Crippen LogP contribution in [0.5, 0.6) is 0 Å². The molecule has 0 atom stereocenters. The molecule has 0 fully saturated rings. The van der Waals surface area contributed by atoms with Gasteiger partial charge < -0.3 is 11.1 Å². The van der Waals surface area contributed by atoms with Crippen LogP contribution in [0.25, 0.3) is 0 Å². The first kappa shape index (κ1) is 14.0. The lowest BCUT2D eigenvalue weighted by atomic mass is 10.2. The lowest BCUT2D eigenvalue weighted by molar-refractivity contribution is 0.828. The van der Waals surface area contributed by atoms with Crippen molar-refractivity contribution in [2.24, 2.45) is 0 Å². The average molecular weight is 289 g/mol. The summed E-state index contributed by atoms with van der Waals surface area (Å²) in [7, 11) is 0. The number of pyridine rings is 1. The molecular formula is C13H13ClN6. The molecule has 2 aromatic rings. The van der Waals surface area contributed by atoms with Crippen molar-refractivity contribution in [3.63, 3.8) is 0 Å². The van der Waals surface area contributed by atoms with Crippen molar-refractivity contribution >= 4 is 23.4 Å². The maximum Gasteiger partial charge on any atom is 0.226 e. The fourth-order valence-corrected chi connectivity index (χ4v) is 1.81. The second-order valence-electron chi connectivity index (χ2n) is 4.12. The third kappa shape index (κ3) is 4.07. The number of hydrogen-bond acceptors (Lipinski definition) is 6. The molecule has 6 nitrogen and oxygen atoms in total. The Morgan fingerprint density at radius 1 is 1.35 bits per heavy atom. The fourth-order valence-electron chi connectivity index (χ4n) is 1.62. The number of nitrogens with one attached hydrogen (secondary N) is 1. The van der Waals surface area contributed by atoms with Gasteiger partial charge in [0, 0.05) is 24.5 Å². The molecule has 0 bridgehead atoms. The molecule has 0 aliphatic carbocycles. The fraction of sp³-hybridized carbons (Fsp3) is 0.231. The number of rotatable bonds is 5. The second-order valence-corrected chi connectivity index (χ2v) is 4.51. The van der Waals surface area contributed by atoms with E-state index in [1.807, 2.05) is 12.1 Å². The van der Waals surface area contributed by atoms with Gasteiger partial charge in [-0.1, -0.05) is 11.6 Å². The maximum absolute atomic E-state index is 8.68. The molecule has 0 radical (unpaired) electrons. The SMILES string of the molecule is N#Cc1ccc(CCCNc2nc(N)cc(Cl)n2)nc1. The summed E-state index contributed by atoms with van der Waals surface area (Å²) in [4.78, 5) is 12.2. The molecule has 0 unspecified atom stereocenters. The van der Waals surface area contributed by atoms with E-state index in [0.29, 0.717) is 29.0 Å². The molecule has 0 amide bonds. The molecule has 3 N–H and O–H groups in total. The number of hydrogen-bond donors (Lipinski definition) is 2. The predicted octanol–water partition coefficient (Wildman–Crippen LogP) is 2.02. The van der Waals surface area contributed by atoms with Gasteiger partial charge in [-0.15, -0.1) is 0 Å². The molecule has 0 saturated heterocycles. The van der Waals surface area contributed by atoms with Crippen molar-refractivity contribution in [1.29, 1.82) is 5.26 Å². The molecule has 20 heavy (non-hydrogen) atoms. The minimum atomic E-state index is 0.314. The number of aromatic nitrogens is 3. The second kappa shape index (κ2) is 6.68. The Hall–Kier alpha value is -2.39. The first-order valence-electron chi connectivity index (χ1n) is 6.06. The van der Waals surface area contributed by atoms with Crippen molar-refractivity contribution in [2.45, 2.75) is 12.8 Å². The van der Waals surface area contributed by atoms with Crippen molar-refractivity contribution in [2.75, 3.05) is 17.6 Å². The number of aryl methyl sites for hydroxylation is 1. The van der Waals surface area contributed by atoms with Crippen LogP contribution < -0.4 is 11.1 Å². The van der Waals surface area contributed by atoms with Gasteiger partial charge in [0.2, 0.25) is 5.95 Å². The van der Waals surface area contributed by atoms with Crippen LogP contribution in [0.2, 0.25) is 5.15 Å². The minimum Gasteiger partial charge on any atom is -0.383 e. The number of nitrogen functional groups attached to an aromatic ring is 1. The predicted molar refractivity (Wildman–Crippen MR) is 77.2 cm³/mol. The van der Waals surface area contributed by atoms with Crippen LogP contribution in [0.1, 0.15) is 17.7 Å². The summed E-state index contributed by atoms with van der Waals surface area (Å²) in [6.07, 6.45) is 3.23. The highest BCUT2D eigenvalue weighted by Crippen LogP contribution is 2.11. The zero-order valence-corrected chi connectivity index (χ0v) is 11.4. The molecule has 2 rings (SSSR count). The topological polar surface area (TPSA) is 101 Å². The maximum atomic E-state index is 8.68. The summed E-state index contributed by atoms with van der Waals surface area (Å²) in [5.41, 5.74) is 7.08. The van der Waals surface area contributed by atoms with Crippen molar-refractivity contribution in [1.82, 2.24) is 15.0 Å². The van der Waals surface area contributed by atoms with Gasteiger partial charge in [-0.25, -0.2) is 4.98 Å². The number of nitrogens with two attached hydrogens (primary N) is 1. The number of anilines is 2. The van der Waals surface area contributed by atoms with Gasteiger partial charge in [-0.05, 0) is 25.0 Å². The van der Waals surface area contributed by atoms with E-state index in [4.69, 9.17) is 22.6 Å². The quantitative estimate of drug-likeness (QED) is 0.645. The number of nitrogens with zero attached hydrogens (tertiary/aromatic N) is 4. The van der Waals surface area contributed by atoms with Crippen LogP contribution in [0.4, 0.5) is 11.8 Å². The largest absolute Gasteiger partial charge is 0.383 e. The van der Waals surface area contributed by atoms with Crippen LogP contribution >= 0.6 is 11.6 Å². The highest BCUT2D eigenvalue weighted by Gasteiger charge is 2.01. The van der Waals surface area contributed by atoms with Crippen LogP contribution in [0.3, 0.4) is 0 Å². The first-order chi connectivity index (χ1) is 9.67. The standard InChI is InChI=1S/C13H13ClN6/c14-11-6-12(16)20-13(19-11)17-5-1-2-10-4-3-9(7-15)8-18-10/h3-4,6,8H,1-2,5H2,(H3,16,17,19,20). The molecule has 2 heterocycles. The Bertz CT molecular complexity index is 599. The van der Waals surface area contributed by atoms with Gasteiger partial charge in [0.1, 0.15) is 17.0 Å². The summed E-state index contributed by atoms with van der Waals surface area (Å²) in [5.74, 6) is 0.754. The molecule has 2 aromatic heterocycles. The Labute approximate surface area is 121 Å². The zero-order valence-electron chi connectivity index (χ0n) is 10.7. The number of halogens is 1. The molecular weight excluding hydrogens is 276 g/mol. The van der Waals surface area contributed by atoms with Gasteiger partial charge in [0.25, 0.3) is 0 Å². The monoisotopic (exact) mass is 288 g/mol. The smallest absolute Gasteiger partial charge is 0.226 e. The van der Waals surface area contributed by atoms with E-state index in [1.54, 1.807) is 12.3 Å². The average Bonchev–Trinajstić information content (AvgIpc) is 2.43. The number of nitriles is 1. The van der Waals surface area contributed by atoms with E-state index in [9.17, 15) is 0 Å². The molecule has 0 aliphatic rings. The van der Waals surface area contributed by atoms with E-state index < -0.39 is 0 Å². The van der Waals surface area contributed by atoms with Gasteiger partial charge in [0.05, 0.1) is 5.56 Å². The Kier molecular flexibility index (Phi) is 4.69. The minimum absolute atomic E-state index is 0.314. The summed E-state index contributed by atoms with van der Waals surface area (Å²) in [5, 5.41) is 12.0. The third-order valence-corrected chi connectivity index (χ3v) is 2.75. The molecule has 0 spiro atoms. The summed E-state index contributed by atoms with van der Waals surface area (Å²) in [6.45, 7) is 0.682. The third-order valence-electron chi connectivity index (χ3n) is 2.56. The van der Waals surface area contributed by atoms with Crippen molar-refractivity contribution in [3.05, 3.63) is 40.8 Å². The Morgan fingerprint density at radius 3 is 2.85 bits per heavy atom. The van der Waals surface area contributed by atoms with Crippen molar-refractivity contribution < 1.29 is 0 Å². The zero-order chi connectivity index (χ0) is 14.4. The van der Waals surface area contributed by atoms with Crippen LogP contribution in [0, 0.1) is 11.3 Å².